The summed E-state index contributed by atoms with van der Waals surface area (Å²) < 4.78 is 0. The number of hydrogen-bond acceptors (Lipinski definition) is 4. The Hall–Kier alpha value is -2.75. The zero-order valence-corrected chi connectivity index (χ0v) is 11.0. The van der Waals surface area contributed by atoms with Gasteiger partial charge in [0, 0.05) is 24.2 Å². The molecular formula is C16H13N3O. The zero-order valence-electron chi connectivity index (χ0n) is 11.0. The molecule has 0 aliphatic heterocycles. The molecule has 3 rings (SSSR count). The first kappa shape index (κ1) is 12.3. The topological polar surface area (TPSA) is 54.9 Å². The Bertz CT molecular complexity index is 830. The van der Waals surface area contributed by atoms with E-state index in [0.29, 0.717) is 22.6 Å². The standard InChI is InChI=1S/C16H13N3O/c1-17-14-7-3-2-6-12(15(14)20)13-9-8-11-5-4-10-18-16(11)19-13/h2-10H,1H3,(H,17,20). The van der Waals surface area contributed by atoms with E-state index in [4.69, 9.17) is 0 Å². The normalized spacial score (nSPS) is 10.4. The largest absolute Gasteiger partial charge is 0.385 e. The van der Waals surface area contributed by atoms with Gasteiger partial charge >= 0.3 is 0 Å². The molecule has 2 aromatic heterocycles. The summed E-state index contributed by atoms with van der Waals surface area (Å²) in [4.78, 5) is 21.1. The van der Waals surface area contributed by atoms with Crippen LogP contribution in [0.25, 0.3) is 22.3 Å². The van der Waals surface area contributed by atoms with E-state index in [0.717, 1.165) is 5.39 Å². The van der Waals surface area contributed by atoms with E-state index in [2.05, 4.69) is 15.3 Å². The van der Waals surface area contributed by atoms with Crippen molar-refractivity contribution in [2.24, 2.45) is 0 Å². The number of fused-ring (bicyclic) bond motifs is 1. The van der Waals surface area contributed by atoms with Gasteiger partial charge in [-0.05, 0) is 36.4 Å². The number of aromatic nitrogens is 2. The summed E-state index contributed by atoms with van der Waals surface area (Å²) in [5, 5.41) is 3.86. The summed E-state index contributed by atoms with van der Waals surface area (Å²) >= 11 is 0. The first-order chi connectivity index (χ1) is 9.79. The Morgan fingerprint density at radius 2 is 1.85 bits per heavy atom. The fourth-order valence-corrected chi connectivity index (χ4v) is 2.10. The van der Waals surface area contributed by atoms with Crippen LogP contribution in [-0.2, 0) is 0 Å². The monoisotopic (exact) mass is 263 g/mol. The van der Waals surface area contributed by atoms with Crippen molar-refractivity contribution in [2.45, 2.75) is 0 Å². The van der Waals surface area contributed by atoms with Crippen LogP contribution in [0.15, 0.2) is 59.5 Å². The highest BCUT2D eigenvalue weighted by atomic mass is 16.1. The molecule has 2 heterocycles. The highest BCUT2D eigenvalue weighted by molar-refractivity contribution is 5.78. The van der Waals surface area contributed by atoms with Gasteiger partial charge in [-0.2, -0.15) is 0 Å². The second-order valence-electron chi connectivity index (χ2n) is 4.37. The Kier molecular flexibility index (Phi) is 3.13. The molecule has 0 fully saturated rings. The van der Waals surface area contributed by atoms with E-state index >= 15 is 0 Å². The van der Waals surface area contributed by atoms with E-state index in [1.807, 2.05) is 36.4 Å². The second-order valence-corrected chi connectivity index (χ2v) is 4.37. The van der Waals surface area contributed by atoms with Gasteiger partial charge in [-0.15, -0.1) is 0 Å². The van der Waals surface area contributed by atoms with Crippen LogP contribution in [0.4, 0.5) is 5.69 Å². The van der Waals surface area contributed by atoms with Crippen LogP contribution in [0.1, 0.15) is 0 Å². The molecule has 0 bridgehead atoms. The highest BCUT2D eigenvalue weighted by Crippen LogP contribution is 2.17. The van der Waals surface area contributed by atoms with Crippen LogP contribution in [0.5, 0.6) is 0 Å². The van der Waals surface area contributed by atoms with E-state index in [1.165, 1.54) is 0 Å². The molecule has 0 aliphatic rings. The smallest absolute Gasteiger partial charge is 0.210 e. The Morgan fingerprint density at radius 1 is 1.00 bits per heavy atom. The molecule has 0 saturated heterocycles. The summed E-state index contributed by atoms with van der Waals surface area (Å²) in [5.74, 6) is 0. The van der Waals surface area contributed by atoms with Gasteiger partial charge in [0.05, 0.1) is 11.4 Å². The first-order valence-electron chi connectivity index (χ1n) is 6.33. The van der Waals surface area contributed by atoms with Crippen LogP contribution in [0.3, 0.4) is 0 Å². The number of hydrogen-bond donors (Lipinski definition) is 1. The molecule has 3 aromatic rings. The number of anilines is 1. The number of pyridine rings is 2. The average Bonchev–Trinajstić information content (AvgIpc) is 2.68. The predicted molar refractivity (Wildman–Crippen MR) is 80.8 cm³/mol. The summed E-state index contributed by atoms with van der Waals surface area (Å²) in [6.45, 7) is 0. The van der Waals surface area contributed by atoms with E-state index < -0.39 is 0 Å². The van der Waals surface area contributed by atoms with Crippen LogP contribution in [0, 0.1) is 0 Å². The van der Waals surface area contributed by atoms with Gasteiger partial charge in [0.15, 0.2) is 5.65 Å². The van der Waals surface area contributed by atoms with Gasteiger partial charge in [0.1, 0.15) is 0 Å². The maximum Gasteiger partial charge on any atom is 0.210 e. The summed E-state index contributed by atoms with van der Waals surface area (Å²) in [6, 6.07) is 14.8. The molecule has 4 nitrogen and oxygen atoms in total. The van der Waals surface area contributed by atoms with E-state index in [1.54, 1.807) is 25.4 Å². The number of nitrogens with one attached hydrogen (secondary N) is 1. The van der Waals surface area contributed by atoms with Crippen molar-refractivity contribution in [3.63, 3.8) is 0 Å². The van der Waals surface area contributed by atoms with E-state index in [9.17, 15) is 4.79 Å². The lowest BCUT2D eigenvalue weighted by atomic mass is 10.1. The lowest BCUT2D eigenvalue weighted by Crippen LogP contribution is -2.08. The molecule has 0 saturated carbocycles. The zero-order chi connectivity index (χ0) is 13.9. The van der Waals surface area contributed by atoms with Gasteiger partial charge in [-0.1, -0.05) is 12.1 Å². The van der Waals surface area contributed by atoms with Crippen LogP contribution in [-0.4, -0.2) is 17.0 Å². The fraction of sp³-hybridized carbons (Fsp3) is 0.0625. The van der Waals surface area contributed by atoms with Gasteiger partial charge in [0.2, 0.25) is 5.43 Å². The third-order valence-electron chi connectivity index (χ3n) is 3.14. The van der Waals surface area contributed by atoms with Gasteiger partial charge in [0.25, 0.3) is 0 Å². The number of rotatable bonds is 2. The Balaban J connectivity index is 2.26. The fourth-order valence-electron chi connectivity index (χ4n) is 2.10. The molecule has 1 N–H and O–H groups in total. The Morgan fingerprint density at radius 3 is 2.70 bits per heavy atom. The highest BCUT2D eigenvalue weighted by Gasteiger charge is 2.07. The SMILES string of the molecule is CNc1ccccc(-c2ccc3cccnc3n2)c1=O. The molecule has 0 amide bonds. The quantitative estimate of drug-likeness (QED) is 0.772. The van der Waals surface area contributed by atoms with Crippen molar-refractivity contribution in [1.82, 2.24) is 9.97 Å². The molecule has 0 aliphatic carbocycles. The minimum Gasteiger partial charge on any atom is -0.385 e. The first-order valence-corrected chi connectivity index (χ1v) is 6.33. The lowest BCUT2D eigenvalue weighted by Gasteiger charge is -2.01. The molecule has 98 valence electrons. The van der Waals surface area contributed by atoms with Crippen molar-refractivity contribution in [3.05, 3.63) is 65.0 Å². The van der Waals surface area contributed by atoms with Gasteiger partial charge < -0.3 is 5.32 Å². The molecule has 0 spiro atoms. The molecule has 1 aromatic carbocycles. The number of nitrogens with zero attached hydrogens (tertiary/aromatic N) is 2. The van der Waals surface area contributed by atoms with Crippen molar-refractivity contribution >= 4 is 16.7 Å². The van der Waals surface area contributed by atoms with Crippen LogP contribution in [0.2, 0.25) is 0 Å². The Labute approximate surface area is 116 Å². The third-order valence-corrected chi connectivity index (χ3v) is 3.14. The molecule has 20 heavy (non-hydrogen) atoms. The summed E-state index contributed by atoms with van der Waals surface area (Å²) in [7, 11) is 1.73. The minimum absolute atomic E-state index is 0.0692. The molecular weight excluding hydrogens is 250 g/mol. The van der Waals surface area contributed by atoms with Crippen LogP contribution >= 0.6 is 0 Å². The minimum atomic E-state index is -0.0692. The summed E-state index contributed by atoms with van der Waals surface area (Å²) in [5.41, 5.74) is 2.32. The average molecular weight is 263 g/mol. The maximum absolute atomic E-state index is 12.4. The van der Waals surface area contributed by atoms with Gasteiger partial charge in [-0.25, -0.2) is 9.97 Å². The van der Waals surface area contributed by atoms with Crippen LogP contribution < -0.4 is 10.7 Å². The van der Waals surface area contributed by atoms with E-state index in [-0.39, 0.29) is 5.43 Å². The predicted octanol–water partition coefficient (Wildman–Crippen LogP) is 2.70. The second kappa shape index (κ2) is 5.09. The summed E-state index contributed by atoms with van der Waals surface area (Å²) in [6.07, 6.45) is 1.70. The third kappa shape index (κ3) is 2.12. The van der Waals surface area contributed by atoms with Crippen molar-refractivity contribution in [2.75, 3.05) is 12.4 Å². The maximum atomic E-state index is 12.4. The van der Waals surface area contributed by atoms with Crippen molar-refractivity contribution in [1.29, 1.82) is 0 Å². The van der Waals surface area contributed by atoms with Crippen molar-refractivity contribution < 1.29 is 0 Å². The molecule has 0 atom stereocenters. The molecule has 0 radical (unpaired) electrons. The molecule has 4 heteroatoms. The van der Waals surface area contributed by atoms with Gasteiger partial charge in [-0.3, -0.25) is 4.79 Å². The molecule has 0 unspecified atom stereocenters. The van der Waals surface area contributed by atoms with Crippen molar-refractivity contribution in [3.8, 4) is 11.3 Å². The lowest BCUT2D eigenvalue weighted by molar-refractivity contribution is 1.28.